The largest absolute Gasteiger partial charge is 0.299 e. The first kappa shape index (κ1) is 28.8. The molecule has 0 spiro atoms. The van der Waals surface area contributed by atoms with Crippen LogP contribution in [0.15, 0.2) is 42.0 Å². The number of rotatable bonds is 4. The van der Waals surface area contributed by atoms with E-state index in [-0.39, 0.29) is 51.1 Å². The van der Waals surface area contributed by atoms with E-state index >= 15 is 0 Å². The van der Waals surface area contributed by atoms with Crippen molar-refractivity contribution in [2.45, 2.75) is 106 Å². The monoisotopic (exact) mass is 559 g/mol. The van der Waals surface area contributed by atoms with E-state index in [1.165, 1.54) is 5.57 Å². The van der Waals surface area contributed by atoms with Gasteiger partial charge in [0.05, 0.1) is 6.61 Å². The fraction of sp³-hybridized carbons (Fsp3) is 0.694. The molecule has 5 heteroatoms. The van der Waals surface area contributed by atoms with Crippen LogP contribution in [0.2, 0.25) is 0 Å². The van der Waals surface area contributed by atoms with E-state index in [0.29, 0.717) is 24.7 Å². The van der Waals surface area contributed by atoms with Crippen LogP contribution in [0.4, 0.5) is 0 Å². The molecule has 5 aliphatic carbocycles. The van der Waals surface area contributed by atoms with E-state index in [1.54, 1.807) is 0 Å². The molecule has 4 fully saturated rings. The average Bonchev–Trinajstić information content (AvgIpc) is 2.92. The van der Waals surface area contributed by atoms with Crippen LogP contribution in [0.25, 0.3) is 0 Å². The summed E-state index contributed by atoms with van der Waals surface area (Å²) in [6.07, 6.45) is 10.3. The van der Waals surface area contributed by atoms with Crippen LogP contribution in [-0.2, 0) is 25.8 Å². The number of hydrogen-bond acceptors (Lipinski definition) is 4. The number of nitrogens with one attached hydrogen (secondary N) is 1. The van der Waals surface area contributed by atoms with E-state index in [2.05, 4.69) is 47.0 Å². The molecule has 0 aromatic heterocycles. The van der Waals surface area contributed by atoms with Gasteiger partial charge in [-0.2, -0.15) is 0 Å². The van der Waals surface area contributed by atoms with Crippen molar-refractivity contribution >= 4 is 17.5 Å². The van der Waals surface area contributed by atoms with Gasteiger partial charge in [0.15, 0.2) is 5.78 Å². The Kier molecular flexibility index (Phi) is 6.77. The van der Waals surface area contributed by atoms with Crippen molar-refractivity contribution in [1.29, 1.82) is 0 Å². The van der Waals surface area contributed by atoms with Crippen molar-refractivity contribution in [2.75, 3.05) is 0 Å². The highest BCUT2D eigenvalue weighted by molar-refractivity contribution is 5.96. The van der Waals surface area contributed by atoms with Crippen LogP contribution < -0.4 is 5.48 Å². The van der Waals surface area contributed by atoms with Crippen molar-refractivity contribution in [3.05, 3.63) is 47.5 Å². The number of ketones is 2. The van der Waals surface area contributed by atoms with E-state index < -0.39 is 5.41 Å². The third-order valence-electron chi connectivity index (χ3n) is 13.3. The first-order chi connectivity index (χ1) is 19.2. The summed E-state index contributed by atoms with van der Waals surface area (Å²) in [6.45, 7) is 13.8. The third-order valence-corrected chi connectivity index (χ3v) is 13.3. The molecule has 5 nitrogen and oxygen atoms in total. The lowest BCUT2D eigenvalue weighted by atomic mass is 9.37. The van der Waals surface area contributed by atoms with E-state index in [9.17, 15) is 14.4 Å². The van der Waals surface area contributed by atoms with Crippen LogP contribution in [0.1, 0.15) is 105 Å². The van der Waals surface area contributed by atoms with Gasteiger partial charge in [-0.1, -0.05) is 77.4 Å². The Morgan fingerprint density at radius 3 is 2.34 bits per heavy atom. The lowest BCUT2D eigenvalue weighted by molar-refractivity contribution is -0.175. The quantitative estimate of drug-likeness (QED) is 0.390. The summed E-state index contributed by atoms with van der Waals surface area (Å²) in [5.41, 5.74) is 4.07. The number of amides is 1. The number of hydrogen-bond donors (Lipinski definition) is 1. The zero-order valence-corrected chi connectivity index (χ0v) is 26.0. The predicted molar refractivity (Wildman–Crippen MR) is 159 cm³/mol. The summed E-state index contributed by atoms with van der Waals surface area (Å²) < 4.78 is 0. The number of carbonyl (C=O) groups excluding carboxylic acids is 3. The fourth-order valence-electron chi connectivity index (χ4n) is 10.8. The zero-order chi connectivity index (χ0) is 29.4. The molecule has 1 aromatic rings. The maximum Gasteiger partial charge on any atom is 0.249 e. The summed E-state index contributed by atoms with van der Waals surface area (Å²) in [5.74, 6) is 1.39. The van der Waals surface area contributed by atoms with Crippen LogP contribution in [0.5, 0.6) is 0 Å². The highest BCUT2D eigenvalue weighted by Crippen LogP contribution is 2.71. The molecule has 5 aliphatic rings. The smallest absolute Gasteiger partial charge is 0.249 e. The van der Waals surface area contributed by atoms with Gasteiger partial charge >= 0.3 is 0 Å². The van der Waals surface area contributed by atoms with E-state index in [1.807, 2.05) is 36.4 Å². The standard InChI is InChI=1S/C36H49NO4/c1-32(2)28-13-16-35(5)25-12-15-33(3)18-19-34(4,31(40)37-41-22-23-10-8-7-9-11-23)21-26(33)24(25)20-27(38)30(35)36(28,6)17-14-29(32)39/h7-11,20,25-26,28,30H,12-19,21-22H2,1-6H3,(H,37,40)/t25?,26?,28?,30?,33-,34-,35-,36-/m0/s1. The van der Waals surface area contributed by atoms with Gasteiger partial charge in [-0.25, -0.2) is 5.48 Å². The molecule has 222 valence electrons. The normalized spacial score (nSPS) is 43.1. The minimum Gasteiger partial charge on any atom is -0.299 e. The summed E-state index contributed by atoms with van der Waals surface area (Å²) in [6, 6.07) is 9.88. The average molecular weight is 560 g/mol. The molecule has 0 bridgehead atoms. The van der Waals surface area contributed by atoms with Crippen molar-refractivity contribution in [1.82, 2.24) is 5.48 Å². The molecule has 1 amide bonds. The summed E-state index contributed by atoms with van der Waals surface area (Å²) in [5, 5.41) is 0. The molecule has 4 unspecified atom stereocenters. The number of Topliss-reactive ketones (excluding diaryl/α,β-unsaturated/α-hetero) is 1. The highest BCUT2D eigenvalue weighted by atomic mass is 16.6. The predicted octanol–water partition coefficient (Wildman–Crippen LogP) is 7.39. The fourth-order valence-corrected chi connectivity index (χ4v) is 10.8. The summed E-state index contributed by atoms with van der Waals surface area (Å²) in [4.78, 5) is 46.5. The summed E-state index contributed by atoms with van der Waals surface area (Å²) >= 11 is 0. The zero-order valence-electron chi connectivity index (χ0n) is 26.0. The Morgan fingerprint density at radius 1 is 0.878 bits per heavy atom. The second-order valence-corrected chi connectivity index (χ2v) is 16.0. The lowest BCUT2D eigenvalue weighted by Crippen LogP contribution is -2.63. The first-order valence-corrected chi connectivity index (χ1v) is 16.0. The van der Waals surface area contributed by atoms with Gasteiger partial charge in [0.25, 0.3) is 0 Å². The topological polar surface area (TPSA) is 72.5 Å². The van der Waals surface area contributed by atoms with Crippen molar-refractivity contribution < 1.29 is 19.2 Å². The SMILES string of the molecule is CC1(C)C(=O)CC[C@@]2(C)C1CC[C@@]1(C)C3CC[C@@]4(C)CC[C@](C)(C(=O)NOCc5ccccc5)CC4C3=CC(=O)C12. The molecular formula is C36H49NO4. The highest BCUT2D eigenvalue weighted by Gasteiger charge is 2.67. The number of fused-ring (bicyclic) bond motifs is 7. The van der Waals surface area contributed by atoms with Gasteiger partial charge in [-0.05, 0) is 97.0 Å². The number of allylic oxidation sites excluding steroid dienone is 2. The van der Waals surface area contributed by atoms with Gasteiger partial charge in [0.1, 0.15) is 5.78 Å². The molecule has 8 atom stereocenters. The van der Waals surface area contributed by atoms with Crippen molar-refractivity contribution in [2.24, 2.45) is 50.7 Å². The molecule has 0 aliphatic heterocycles. The molecule has 0 radical (unpaired) electrons. The minimum atomic E-state index is -0.540. The van der Waals surface area contributed by atoms with Crippen molar-refractivity contribution in [3.8, 4) is 0 Å². The van der Waals surface area contributed by atoms with E-state index in [4.69, 9.17) is 4.84 Å². The second kappa shape index (κ2) is 9.62. The maximum absolute atomic E-state index is 14.3. The maximum atomic E-state index is 14.3. The Bertz CT molecular complexity index is 1280. The third kappa shape index (κ3) is 4.31. The van der Waals surface area contributed by atoms with Crippen LogP contribution in [0, 0.1) is 50.7 Å². The van der Waals surface area contributed by atoms with Gasteiger partial charge in [0, 0.05) is 23.2 Å². The second-order valence-electron chi connectivity index (χ2n) is 16.0. The molecule has 0 saturated heterocycles. The van der Waals surface area contributed by atoms with Gasteiger partial charge < -0.3 is 0 Å². The minimum absolute atomic E-state index is 0.0381. The summed E-state index contributed by atoms with van der Waals surface area (Å²) in [7, 11) is 0. The molecular weight excluding hydrogens is 510 g/mol. The molecule has 0 heterocycles. The Balaban J connectivity index is 1.27. The van der Waals surface area contributed by atoms with Gasteiger partial charge in [0.2, 0.25) is 5.91 Å². The number of hydroxylamine groups is 1. The number of benzene rings is 1. The van der Waals surface area contributed by atoms with Crippen molar-refractivity contribution in [3.63, 3.8) is 0 Å². The Morgan fingerprint density at radius 2 is 1.61 bits per heavy atom. The molecule has 4 saturated carbocycles. The van der Waals surface area contributed by atoms with Gasteiger partial charge in [-0.15, -0.1) is 0 Å². The molecule has 6 rings (SSSR count). The molecule has 1 N–H and O–H groups in total. The van der Waals surface area contributed by atoms with Gasteiger partial charge in [-0.3, -0.25) is 19.2 Å². The lowest BCUT2D eigenvalue weighted by Gasteiger charge is -2.66. The molecule has 1 aromatic carbocycles. The van der Waals surface area contributed by atoms with Crippen LogP contribution >= 0.6 is 0 Å². The Hall–Kier alpha value is -2.27. The van der Waals surface area contributed by atoms with Crippen LogP contribution in [-0.4, -0.2) is 17.5 Å². The molecule has 41 heavy (non-hydrogen) atoms. The van der Waals surface area contributed by atoms with E-state index in [0.717, 1.165) is 56.9 Å². The number of carbonyl (C=O) groups is 3. The Labute approximate surface area is 246 Å². The van der Waals surface area contributed by atoms with Crippen LogP contribution in [0.3, 0.4) is 0 Å². The first-order valence-electron chi connectivity index (χ1n) is 16.0.